The first-order chi connectivity index (χ1) is 10.8. The average molecular weight is 295 g/mol. The van der Waals surface area contributed by atoms with Crippen LogP contribution in [0.15, 0.2) is 61.1 Å². The average Bonchev–Trinajstić information content (AvgIpc) is 2.57. The first kappa shape index (κ1) is 13.9. The minimum atomic E-state index is -0.330. The second kappa shape index (κ2) is 6.62. The van der Waals surface area contributed by atoms with Crippen LogP contribution in [0.25, 0.3) is 0 Å². The molecule has 0 aliphatic heterocycles. The lowest BCUT2D eigenvalue weighted by Gasteiger charge is -2.09. The number of nitrogens with zero attached hydrogens (tertiary/aromatic N) is 3. The molecule has 0 fully saturated rings. The second-order valence-corrected chi connectivity index (χ2v) is 4.57. The minimum Gasteiger partial charge on any atom is -0.364 e. The molecule has 22 heavy (non-hydrogen) atoms. The molecule has 0 radical (unpaired) electrons. The highest BCUT2D eigenvalue weighted by Gasteiger charge is 2.03. The maximum atomic E-state index is 13.6. The Hall–Kier alpha value is -3.02. The zero-order valence-electron chi connectivity index (χ0n) is 11.7. The van der Waals surface area contributed by atoms with Crippen molar-refractivity contribution in [3.8, 4) is 0 Å². The Morgan fingerprint density at radius 3 is 2.55 bits per heavy atom. The van der Waals surface area contributed by atoms with Gasteiger partial charge in [-0.2, -0.15) is 0 Å². The molecule has 2 N–H and O–H groups in total. The Labute approximate surface area is 127 Å². The van der Waals surface area contributed by atoms with Crippen LogP contribution < -0.4 is 10.6 Å². The van der Waals surface area contributed by atoms with Gasteiger partial charge in [-0.1, -0.05) is 18.2 Å². The van der Waals surface area contributed by atoms with Crippen molar-refractivity contribution in [1.82, 2.24) is 15.0 Å². The molecular formula is C16H14FN5. The van der Waals surface area contributed by atoms with Crippen LogP contribution in [-0.4, -0.2) is 15.0 Å². The molecule has 2 heterocycles. The van der Waals surface area contributed by atoms with Crippen LogP contribution in [0.2, 0.25) is 0 Å². The highest BCUT2D eigenvalue weighted by molar-refractivity contribution is 5.59. The molecule has 0 atom stereocenters. The highest BCUT2D eigenvalue weighted by Crippen LogP contribution is 2.19. The van der Waals surface area contributed by atoms with Gasteiger partial charge in [0, 0.05) is 12.3 Å². The van der Waals surface area contributed by atoms with Crippen molar-refractivity contribution < 1.29 is 4.39 Å². The van der Waals surface area contributed by atoms with E-state index >= 15 is 0 Å². The van der Waals surface area contributed by atoms with Gasteiger partial charge >= 0.3 is 0 Å². The van der Waals surface area contributed by atoms with Crippen LogP contribution >= 0.6 is 0 Å². The lowest BCUT2D eigenvalue weighted by atomic mass is 10.3. The molecule has 2 aromatic heterocycles. The van der Waals surface area contributed by atoms with E-state index in [9.17, 15) is 4.39 Å². The summed E-state index contributed by atoms with van der Waals surface area (Å²) in [5, 5.41) is 6.08. The van der Waals surface area contributed by atoms with Crippen LogP contribution in [0.3, 0.4) is 0 Å². The molecule has 3 rings (SSSR count). The summed E-state index contributed by atoms with van der Waals surface area (Å²) in [5.74, 6) is 0.826. The molecular weight excluding hydrogens is 281 g/mol. The molecule has 0 aliphatic carbocycles. The lowest BCUT2D eigenvalue weighted by molar-refractivity contribution is 0.632. The van der Waals surface area contributed by atoms with Crippen molar-refractivity contribution in [3.63, 3.8) is 0 Å². The van der Waals surface area contributed by atoms with E-state index in [0.717, 1.165) is 5.69 Å². The molecule has 0 saturated carbocycles. The van der Waals surface area contributed by atoms with Gasteiger partial charge in [-0.05, 0) is 24.3 Å². The summed E-state index contributed by atoms with van der Waals surface area (Å²) in [6.45, 7) is 0.553. The van der Waals surface area contributed by atoms with E-state index in [2.05, 4.69) is 25.6 Å². The van der Waals surface area contributed by atoms with Crippen LogP contribution in [0.4, 0.5) is 21.7 Å². The quantitative estimate of drug-likeness (QED) is 0.755. The number of aromatic nitrogens is 3. The number of anilines is 3. The summed E-state index contributed by atoms with van der Waals surface area (Å²) < 4.78 is 13.6. The SMILES string of the molecule is Fc1ccccc1Nc1cc(NCc2ccccn2)ncn1. The Morgan fingerprint density at radius 1 is 0.909 bits per heavy atom. The van der Waals surface area contributed by atoms with Crippen molar-refractivity contribution in [2.24, 2.45) is 0 Å². The van der Waals surface area contributed by atoms with Crippen molar-refractivity contribution in [2.75, 3.05) is 10.6 Å². The zero-order chi connectivity index (χ0) is 15.2. The van der Waals surface area contributed by atoms with Crippen molar-refractivity contribution in [2.45, 2.75) is 6.54 Å². The standard InChI is InChI=1S/C16H14FN5/c17-13-6-1-2-7-14(13)22-16-9-15(20-11-21-16)19-10-12-5-3-4-8-18-12/h1-9,11H,10H2,(H2,19,20,21,22). The fraction of sp³-hybridized carbons (Fsp3) is 0.0625. The molecule has 0 bridgehead atoms. The van der Waals surface area contributed by atoms with Gasteiger partial charge in [0.15, 0.2) is 0 Å². The first-order valence-electron chi connectivity index (χ1n) is 6.78. The van der Waals surface area contributed by atoms with E-state index in [4.69, 9.17) is 0 Å². The number of rotatable bonds is 5. The molecule has 5 nitrogen and oxygen atoms in total. The smallest absolute Gasteiger partial charge is 0.146 e. The molecule has 0 saturated heterocycles. The van der Waals surface area contributed by atoms with E-state index < -0.39 is 0 Å². The summed E-state index contributed by atoms with van der Waals surface area (Å²) in [5.41, 5.74) is 1.28. The van der Waals surface area contributed by atoms with E-state index in [1.54, 1.807) is 30.5 Å². The molecule has 0 amide bonds. The monoisotopic (exact) mass is 295 g/mol. The molecule has 0 aliphatic rings. The summed E-state index contributed by atoms with van der Waals surface area (Å²) in [4.78, 5) is 12.4. The number of hydrogen-bond donors (Lipinski definition) is 2. The topological polar surface area (TPSA) is 62.7 Å². The maximum Gasteiger partial charge on any atom is 0.146 e. The Balaban J connectivity index is 1.69. The molecule has 110 valence electrons. The van der Waals surface area contributed by atoms with Crippen molar-refractivity contribution in [3.05, 3.63) is 72.6 Å². The summed E-state index contributed by atoms with van der Waals surface area (Å²) in [6.07, 6.45) is 3.16. The molecule has 0 spiro atoms. The van der Waals surface area contributed by atoms with Crippen LogP contribution in [0.1, 0.15) is 5.69 Å². The summed E-state index contributed by atoms with van der Waals surface area (Å²) >= 11 is 0. The fourth-order valence-electron chi connectivity index (χ4n) is 1.91. The predicted molar refractivity (Wildman–Crippen MR) is 83.3 cm³/mol. The number of hydrogen-bond acceptors (Lipinski definition) is 5. The van der Waals surface area contributed by atoms with Crippen molar-refractivity contribution in [1.29, 1.82) is 0 Å². The highest BCUT2D eigenvalue weighted by atomic mass is 19.1. The van der Waals surface area contributed by atoms with Crippen LogP contribution in [0.5, 0.6) is 0 Å². The number of para-hydroxylation sites is 1. The van der Waals surface area contributed by atoms with E-state index in [1.165, 1.54) is 12.4 Å². The third-order valence-electron chi connectivity index (χ3n) is 2.98. The molecule has 3 aromatic rings. The van der Waals surface area contributed by atoms with E-state index in [0.29, 0.717) is 23.9 Å². The zero-order valence-corrected chi connectivity index (χ0v) is 11.7. The normalized spacial score (nSPS) is 10.2. The first-order valence-corrected chi connectivity index (χ1v) is 6.78. The number of pyridine rings is 1. The Morgan fingerprint density at radius 2 is 1.73 bits per heavy atom. The van der Waals surface area contributed by atoms with Gasteiger partial charge in [0.05, 0.1) is 17.9 Å². The second-order valence-electron chi connectivity index (χ2n) is 4.57. The number of benzene rings is 1. The third kappa shape index (κ3) is 3.54. The third-order valence-corrected chi connectivity index (χ3v) is 2.98. The lowest BCUT2D eigenvalue weighted by Crippen LogP contribution is -2.04. The van der Waals surface area contributed by atoms with Crippen LogP contribution in [-0.2, 0) is 6.54 Å². The van der Waals surface area contributed by atoms with E-state index in [1.807, 2.05) is 18.2 Å². The molecule has 6 heteroatoms. The van der Waals surface area contributed by atoms with Gasteiger partial charge in [0.2, 0.25) is 0 Å². The van der Waals surface area contributed by atoms with Crippen LogP contribution in [0, 0.1) is 5.82 Å². The van der Waals surface area contributed by atoms with Gasteiger partial charge in [-0.25, -0.2) is 14.4 Å². The van der Waals surface area contributed by atoms with Crippen molar-refractivity contribution >= 4 is 17.3 Å². The predicted octanol–water partition coefficient (Wildman–Crippen LogP) is 3.37. The fourth-order valence-corrected chi connectivity index (χ4v) is 1.91. The minimum absolute atomic E-state index is 0.330. The maximum absolute atomic E-state index is 13.6. The Kier molecular flexibility index (Phi) is 4.20. The largest absolute Gasteiger partial charge is 0.364 e. The Bertz CT molecular complexity index is 748. The van der Waals surface area contributed by atoms with Gasteiger partial charge in [0.25, 0.3) is 0 Å². The van der Waals surface area contributed by atoms with Gasteiger partial charge < -0.3 is 10.6 Å². The number of nitrogens with one attached hydrogen (secondary N) is 2. The number of halogens is 1. The summed E-state index contributed by atoms with van der Waals surface area (Å²) in [7, 11) is 0. The molecule has 1 aromatic carbocycles. The van der Waals surface area contributed by atoms with Gasteiger partial charge in [-0.3, -0.25) is 4.98 Å². The van der Waals surface area contributed by atoms with E-state index in [-0.39, 0.29) is 5.82 Å². The summed E-state index contributed by atoms with van der Waals surface area (Å²) in [6, 6.07) is 13.9. The molecule has 0 unspecified atom stereocenters. The van der Waals surface area contributed by atoms with Gasteiger partial charge in [0.1, 0.15) is 23.8 Å². The van der Waals surface area contributed by atoms with Gasteiger partial charge in [-0.15, -0.1) is 0 Å².